The summed E-state index contributed by atoms with van der Waals surface area (Å²) in [5.41, 5.74) is 19.0. The van der Waals surface area contributed by atoms with Crippen molar-refractivity contribution in [2.75, 3.05) is 9.80 Å². The number of benzene rings is 7. The fourth-order valence-corrected chi connectivity index (χ4v) is 8.88. The molecule has 7 aromatic carbocycles. The summed E-state index contributed by atoms with van der Waals surface area (Å²) in [7, 11) is 0. The van der Waals surface area contributed by atoms with Gasteiger partial charge in [-0.2, -0.15) is 0 Å². The molecule has 9 aromatic rings. The van der Waals surface area contributed by atoms with E-state index < -0.39 is 0 Å². The van der Waals surface area contributed by atoms with Crippen molar-refractivity contribution in [2.45, 2.75) is 0 Å². The standard InChI is InChI=1S/C52H35BN4/c1-5-17-36(18-6-1)38-33-34-54-47(35-38)42-26-14-28-44-52(42)57(40-23-11-4-12-24-40)49-32-16-31-48-50(49)53(44)43-27-13-25-41(51(43)56(48)39-21-9-3-10-22-39)46-30-15-29-45(55-46)37-19-7-2-8-20-37/h1-35H. The lowest BCUT2D eigenvalue weighted by molar-refractivity contribution is 1.24. The number of para-hydroxylation sites is 4. The maximum absolute atomic E-state index is 5.33. The molecule has 57 heavy (non-hydrogen) atoms. The Hall–Kier alpha value is -7.50. The lowest BCUT2D eigenvalue weighted by Gasteiger charge is -2.45. The topological polar surface area (TPSA) is 32.3 Å². The van der Waals surface area contributed by atoms with Crippen LogP contribution in [0.25, 0.3) is 44.9 Å². The number of nitrogens with zero attached hydrogens (tertiary/aromatic N) is 4. The van der Waals surface area contributed by atoms with Crippen LogP contribution in [0.3, 0.4) is 0 Å². The highest BCUT2D eigenvalue weighted by molar-refractivity contribution is 7.00. The Kier molecular flexibility index (Phi) is 7.89. The van der Waals surface area contributed by atoms with Crippen LogP contribution < -0.4 is 26.2 Å². The lowest BCUT2D eigenvalue weighted by atomic mass is 9.33. The molecule has 0 saturated heterocycles. The van der Waals surface area contributed by atoms with Crippen LogP contribution in [0.2, 0.25) is 0 Å². The molecule has 0 N–H and O–H groups in total. The van der Waals surface area contributed by atoms with Gasteiger partial charge in [0, 0.05) is 45.6 Å². The fraction of sp³-hybridized carbons (Fsp3) is 0. The molecule has 2 aliphatic rings. The van der Waals surface area contributed by atoms with Crippen molar-refractivity contribution in [3.8, 4) is 44.9 Å². The second kappa shape index (κ2) is 13.7. The van der Waals surface area contributed by atoms with Gasteiger partial charge in [-0.05, 0) is 88.2 Å². The SMILES string of the molecule is c1ccc(-c2ccnc(-c3cccc4c3N(c3ccccc3)c3cccc5c3B4c3cccc(-c4cccc(-c6ccccc6)n4)c3N5c3ccccc3)c2)cc1. The van der Waals surface area contributed by atoms with Crippen LogP contribution in [-0.4, -0.2) is 16.7 Å². The predicted octanol–water partition coefficient (Wildman–Crippen LogP) is 11.2. The Morgan fingerprint density at radius 1 is 0.368 bits per heavy atom. The Morgan fingerprint density at radius 2 is 0.860 bits per heavy atom. The van der Waals surface area contributed by atoms with Crippen molar-refractivity contribution in [1.82, 2.24) is 9.97 Å². The van der Waals surface area contributed by atoms with Crippen LogP contribution in [0.1, 0.15) is 0 Å². The van der Waals surface area contributed by atoms with Crippen LogP contribution in [0.15, 0.2) is 212 Å². The van der Waals surface area contributed by atoms with Crippen molar-refractivity contribution in [1.29, 1.82) is 0 Å². The van der Waals surface area contributed by atoms with Crippen LogP contribution in [0.4, 0.5) is 34.1 Å². The maximum Gasteiger partial charge on any atom is 0.252 e. The van der Waals surface area contributed by atoms with Gasteiger partial charge in [-0.15, -0.1) is 0 Å². The summed E-state index contributed by atoms with van der Waals surface area (Å²) >= 11 is 0. The molecule has 0 aliphatic carbocycles. The normalized spacial score (nSPS) is 12.5. The molecule has 0 atom stereocenters. The second-order valence-corrected chi connectivity index (χ2v) is 14.5. The predicted molar refractivity (Wildman–Crippen MR) is 238 cm³/mol. The van der Waals surface area contributed by atoms with Gasteiger partial charge in [0.2, 0.25) is 0 Å². The molecule has 0 radical (unpaired) electrons. The molecule has 0 unspecified atom stereocenters. The van der Waals surface area contributed by atoms with Gasteiger partial charge in [-0.25, -0.2) is 4.98 Å². The lowest BCUT2D eigenvalue weighted by Crippen LogP contribution is -2.61. The van der Waals surface area contributed by atoms with Gasteiger partial charge in [0.1, 0.15) is 0 Å². The third-order valence-electron chi connectivity index (χ3n) is 11.3. The average Bonchev–Trinajstić information content (AvgIpc) is 3.30. The molecule has 0 saturated carbocycles. The van der Waals surface area contributed by atoms with E-state index in [2.05, 4.69) is 210 Å². The minimum absolute atomic E-state index is 0.0596. The fourth-order valence-electron chi connectivity index (χ4n) is 8.88. The summed E-state index contributed by atoms with van der Waals surface area (Å²) in [4.78, 5) is 15.3. The van der Waals surface area contributed by atoms with E-state index in [-0.39, 0.29) is 6.71 Å². The van der Waals surface area contributed by atoms with Crippen LogP contribution >= 0.6 is 0 Å². The second-order valence-electron chi connectivity index (χ2n) is 14.5. The van der Waals surface area contributed by atoms with Crippen molar-refractivity contribution < 1.29 is 0 Å². The van der Waals surface area contributed by atoms with E-state index in [0.717, 1.165) is 73.5 Å². The number of aromatic nitrogens is 2. The molecule has 5 heteroatoms. The highest BCUT2D eigenvalue weighted by Crippen LogP contribution is 2.48. The molecule has 4 heterocycles. The molecule has 0 bridgehead atoms. The first-order valence-electron chi connectivity index (χ1n) is 19.5. The van der Waals surface area contributed by atoms with Gasteiger partial charge in [0.15, 0.2) is 0 Å². The third-order valence-corrected chi connectivity index (χ3v) is 11.3. The average molecular weight is 727 g/mol. The number of fused-ring (bicyclic) bond motifs is 4. The summed E-state index contributed by atoms with van der Waals surface area (Å²) in [6.45, 7) is -0.0596. The van der Waals surface area contributed by atoms with Crippen LogP contribution in [0, 0.1) is 0 Å². The highest BCUT2D eigenvalue weighted by atomic mass is 15.2. The van der Waals surface area contributed by atoms with Gasteiger partial charge < -0.3 is 9.80 Å². The van der Waals surface area contributed by atoms with Gasteiger partial charge >= 0.3 is 0 Å². The first-order valence-corrected chi connectivity index (χ1v) is 19.5. The number of hydrogen-bond donors (Lipinski definition) is 0. The molecule has 0 spiro atoms. The number of anilines is 6. The molecule has 0 fully saturated rings. The van der Waals surface area contributed by atoms with Crippen molar-refractivity contribution in [2.24, 2.45) is 0 Å². The largest absolute Gasteiger partial charge is 0.311 e. The minimum atomic E-state index is -0.0596. The zero-order valence-electron chi connectivity index (χ0n) is 31.1. The molecule has 0 amide bonds. The molecule has 2 aromatic heterocycles. The van der Waals surface area contributed by atoms with Crippen molar-refractivity contribution in [3.05, 3.63) is 212 Å². The van der Waals surface area contributed by atoms with Crippen LogP contribution in [-0.2, 0) is 0 Å². The van der Waals surface area contributed by atoms with Gasteiger partial charge in [-0.1, -0.05) is 146 Å². The zero-order chi connectivity index (χ0) is 37.7. The van der Waals surface area contributed by atoms with Crippen LogP contribution in [0.5, 0.6) is 0 Å². The highest BCUT2D eigenvalue weighted by Gasteiger charge is 2.44. The summed E-state index contributed by atoms with van der Waals surface area (Å²) in [6, 6.07) is 73.5. The Labute approximate surface area is 333 Å². The Bertz CT molecular complexity index is 2720. The Morgan fingerprint density at radius 3 is 1.46 bits per heavy atom. The van der Waals surface area contributed by atoms with E-state index in [1.807, 2.05) is 12.3 Å². The minimum Gasteiger partial charge on any atom is -0.311 e. The number of hydrogen-bond acceptors (Lipinski definition) is 4. The number of rotatable bonds is 6. The molecular formula is C52H35BN4. The van der Waals surface area contributed by atoms with Gasteiger partial charge in [-0.3, -0.25) is 4.98 Å². The quantitative estimate of drug-likeness (QED) is 0.160. The van der Waals surface area contributed by atoms with Crippen molar-refractivity contribution in [3.63, 3.8) is 0 Å². The van der Waals surface area contributed by atoms with E-state index in [4.69, 9.17) is 9.97 Å². The third kappa shape index (κ3) is 5.47. The van der Waals surface area contributed by atoms with E-state index >= 15 is 0 Å². The smallest absolute Gasteiger partial charge is 0.252 e. The van der Waals surface area contributed by atoms with Gasteiger partial charge in [0.25, 0.3) is 6.71 Å². The maximum atomic E-state index is 5.33. The van der Waals surface area contributed by atoms with Crippen molar-refractivity contribution >= 4 is 57.2 Å². The van der Waals surface area contributed by atoms with E-state index in [0.29, 0.717) is 0 Å². The van der Waals surface area contributed by atoms with E-state index in [1.54, 1.807) is 0 Å². The summed E-state index contributed by atoms with van der Waals surface area (Å²) < 4.78 is 0. The monoisotopic (exact) mass is 726 g/mol. The molecular weight excluding hydrogens is 691 g/mol. The Balaban J connectivity index is 1.20. The molecule has 2 aliphatic heterocycles. The molecule has 266 valence electrons. The number of pyridine rings is 2. The first-order chi connectivity index (χ1) is 28.3. The van der Waals surface area contributed by atoms with E-state index in [1.165, 1.54) is 22.0 Å². The van der Waals surface area contributed by atoms with E-state index in [9.17, 15) is 0 Å². The first kappa shape index (κ1) is 32.9. The summed E-state index contributed by atoms with van der Waals surface area (Å²) in [6.07, 6.45) is 1.94. The summed E-state index contributed by atoms with van der Waals surface area (Å²) in [5.74, 6) is 0. The summed E-state index contributed by atoms with van der Waals surface area (Å²) in [5, 5.41) is 0. The van der Waals surface area contributed by atoms with Gasteiger partial charge in [0.05, 0.1) is 28.5 Å². The molecule has 11 rings (SSSR count). The zero-order valence-corrected chi connectivity index (χ0v) is 31.1. The molecule has 4 nitrogen and oxygen atoms in total.